The highest BCUT2D eigenvalue weighted by molar-refractivity contribution is 6.30. The van der Waals surface area contributed by atoms with Crippen LogP contribution in [0.3, 0.4) is 0 Å². The van der Waals surface area contributed by atoms with E-state index in [4.69, 9.17) is 16.3 Å². The van der Waals surface area contributed by atoms with Crippen molar-refractivity contribution in [3.8, 4) is 5.75 Å². The van der Waals surface area contributed by atoms with Crippen molar-refractivity contribution in [2.75, 3.05) is 6.61 Å². The summed E-state index contributed by atoms with van der Waals surface area (Å²) in [6.45, 7) is 7.43. The van der Waals surface area contributed by atoms with Gasteiger partial charge in [0, 0.05) is 5.02 Å². The Morgan fingerprint density at radius 1 is 1.00 bits per heavy atom. The summed E-state index contributed by atoms with van der Waals surface area (Å²) >= 11 is 5.87. The highest BCUT2D eigenvalue weighted by atomic mass is 35.5. The number of hydrogen-bond donors (Lipinski definition) is 3. The lowest BCUT2D eigenvalue weighted by molar-refractivity contribution is -0.131. The summed E-state index contributed by atoms with van der Waals surface area (Å²) in [6, 6.07) is 14.5. The number of ketones is 1. The highest BCUT2D eigenvalue weighted by Crippen LogP contribution is 2.46. The third kappa shape index (κ3) is 7.31. The molecule has 3 N–H and O–H groups in total. The number of nitrogens with one attached hydrogen (secondary N) is 2. The third-order valence-electron chi connectivity index (χ3n) is 6.35. The van der Waals surface area contributed by atoms with Crippen LogP contribution in [-0.4, -0.2) is 47.5 Å². The molecule has 0 bridgehead atoms. The first-order valence-electron chi connectivity index (χ1n) is 12.3. The lowest BCUT2D eigenvalue weighted by atomic mass is 9.92. The van der Waals surface area contributed by atoms with Gasteiger partial charge >= 0.3 is 0 Å². The highest BCUT2D eigenvalue weighted by Gasteiger charge is 2.56. The zero-order valence-electron chi connectivity index (χ0n) is 21.1. The van der Waals surface area contributed by atoms with Gasteiger partial charge in [0.2, 0.25) is 5.91 Å². The number of benzene rings is 2. The van der Waals surface area contributed by atoms with Gasteiger partial charge in [0.25, 0.3) is 5.91 Å². The van der Waals surface area contributed by atoms with E-state index in [1.54, 1.807) is 24.3 Å². The second-order valence-electron chi connectivity index (χ2n) is 10.1. The van der Waals surface area contributed by atoms with Crippen LogP contribution >= 0.6 is 11.6 Å². The maximum absolute atomic E-state index is 13.2. The van der Waals surface area contributed by atoms with Crippen LogP contribution in [0.5, 0.6) is 5.75 Å². The summed E-state index contributed by atoms with van der Waals surface area (Å²) in [5, 5.41) is 17.3. The maximum Gasteiger partial charge on any atom is 0.258 e. The molecule has 0 heterocycles. The first kappa shape index (κ1) is 27.7. The topological polar surface area (TPSA) is 105 Å². The van der Waals surface area contributed by atoms with Crippen molar-refractivity contribution in [2.24, 2.45) is 17.8 Å². The molecule has 7 nitrogen and oxygen atoms in total. The summed E-state index contributed by atoms with van der Waals surface area (Å²) in [5.41, 5.74) is 0.867. The number of aliphatic hydroxyl groups is 1. The number of rotatable bonds is 12. The number of hydrogen-bond acceptors (Lipinski definition) is 5. The molecule has 36 heavy (non-hydrogen) atoms. The van der Waals surface area contributed by atoms with Crippen molar-refractivity contribution in [2.45, 2.75) is 58.2 Å². The molecule has 0 saturated heterocycles. The first-order valence-corrected chi connectivity index (χ1v) is 12.7. The standard InChI is InChI=1S/C28H35ClN2O5/c1-16(2)14-21(30-22(32)15-36-20-12-10-19(29)11-13-20)28(35)31-25(17(3)4)27(34)24-23(26(24)33)18-8-6-5-7-9-18/h5-13,16-17,21,23-25,27,34H,14-15H2,1-4H3,(H,30,32)(H,31,35)/t21-,23?,24?,25-,27-/m0/s1. The van der Waals surface area contributed by atoms with Crippen molar-refractivity contribution in [3.05, 3.63) is 65.2 Å². The van der Waals surface area contributed by atoms with Crippen LogP contribution in [0.15, 0.2) is 54.6 Å². The second-order valence-corrected chi connectivity index (χ2v) is 10.5. The molecule has 1 aliphatic rings. The van der Waals surface area contributed by atoms with E-state index in [1.165, 1.54) is 0 Å². The van der Waals surface area contributed by atoms with Gasteiger partial charge in [0.15, 0.2) is 6.61 Å². The number of halogens is 1. The van der Waals surface area contributed by atoms with Crippen LogP contribution < -0.4 is 15.4 Å². The molecule has 3 rings (SSSR count). The van der Waals surface area contributed by atoms with E-state index in [0.717, 1.165) is 5.56 Å². The molecule has 194 valence electrons. The van der Waals surface area contributed by atoms with E-state index in [2.05, 4.69) is 10.6 Å². The Kier molecular flexibility index (Phi) is 9.51. The van der Waals surface area contributed by atoms with Crippen molar-refractivity contribution in [1.29, 1.82) is 0 Å². The van der Waals surface area contributed by atoms with Gasteiger partial charge in [-0.15, -0.1) is 0 Å². The summed E-state index contributed by atoms with van der Waals surface area (Å²) in [4.78, 5) is 38.4. The molecule has 0 radical (unpaired) electrons. The van der Waals surface area contributed by atoms with Crippen LogP contribution in [0.2, 0.25) is 5.02 Å². The maximum atomic E-state index is 13.2. The van der Waals surface area contributed by atoms with Gasteiger partial charge in [-0.25, -0.2) is 0 Å². The monoisotopic (exact) mass is 514 g/mol. The zero-order chi connectivity index (χ0) is 26.4. The van der Waals surface area contributed by atoms with Crippen molar-refractivity contribution < 1.29 is 24.2 Å². The second kappa shape index (κ2) is 12.4. The van der Waals surface area contributed by atoms with Crippen LogP contribution in [0.25, 0.3) is 0 Å². The number of carbonyl (C=O) groups excluding carboxylic acids is 3. The Morgan fingerprint density at radius 2 is 1.64 bits per heavy atom. The van der Waals surface area contributed by atoms with E-state index >= 15 is 0 Å². The fraction of sp³-hybridized carbons (Fsp3) is 0.464. The largest absolute Gasteiger partial charge is 0.484 e. The minimum Gasteiger partial charge on any atom is -0.484 e. The van der Waals surface area contributed by atoms with Gasteiger partial charge in [0.05, 0.1) is 24.0 Å². The third-order valence-corrected chi connectivity index (χ3v) is 6.60. The fourth-order valence-electron chi connectivity index (χ4n) is 4.41. The molecule has 1 saturated carbocycles. The van der Waals surface area contributed by atoms with Crippen molar-refractivity contribution >= 4 is 29.2 Å². The number of ether oxygens (including phenoxy) is 1. The summed E-state index contributed by atoms with van der Waals surface area (Å²) in [5.74, 6) is -1.30. The molecule has 2 aromatic rings. The van der Waals surface area contributed by atoms with E-state index in [0.29, 0.717) is 17.2 Å². The molecule has 1 aliphatic carbocycles. The van der Waals surface area contributed by atoms with Crippen LogP contribution in [0.4, 0.5) is 0 Å². The summed E-state index contributed by atoms with van der Waals surface area (Å²) in [6.07, 6.45) is -0.621. The molecular weight excluding hydrogens is 480 g/mol. The first-order chi connectivity index (χ1) is 17.1. The zero-order valence-corrected chi connectivity index (χ0v) is 21.9. The molecule has 8 heteroatoms. The van der Waals surface area contributed by atoms with Crippen LogP contribution in [0, 0.1) is 17.8 Å². The van der Waals surface area contributed by atoms with Gasteiger partial charge in [0.1, 0.15) is 17.6 Å². The Bertz CT molecular complexity index is 1040. The van der Waals surface area contributed by atoms with Crippen molar-refractivity contribution in [3.63, 3.8) is 0 Å². The van der Waals surface area contributed by atoms with Gasteiger partial charge in [-0.2, -0.15) is 0 Å². The quantitative estimate of drug-likeness (QED) is 0.400. The fourth-order valence-corrected chi connectivity index (χ4v) is 4.54. The summed E-state index contributed by atoms with van der Waals surface area (Å²) < 4.78 is 5.49. The molecule has 0 aliphatic heterocycles. The average Bonchev–Trinajstić information content (AvgIpc) is 3.52. The number of aliphatic hydroxyl groups excluding tert-OH is 1. The molecule has 5 atom stereocenters. The minimum atomic E-state index is -1.03. The molecule has 2 aromatic carbocycles. The molecule has 2 unspecified atom stereocenters. The molecule has 0 spiro atoms. The Morgan fingerprint density at radius 3 is 2.22 bits per heavy atom. The van der Waals surface area contributed by atoms with Gasteiger partial charge < -0.3 is 20.5 Å². The van der Waals surface area contributed by atoms with E-state index < -0.39 is 35.9 Å². The molecular formula is C28H35ClN2O5. The summed E-state index contributed by atoms with van der Waals surface area (Å²) in [7, 11) is 0. The Labute approximate surface area is 217 Å². The van der Waals surface area contributed by atoms with E-state index in [-0.39, 0.29) is 30.1 Å². The normalized spacial score (nSPS) is 19.5. The van der Waals surface area contributed by atoms with Crippen LogP contribution in [0.1, 0.15) is 45.6 Å². The molecule has 1 fully saturated rings. The lowest BCUT2D eigenvalue weighted by Crippen LogP contribution is -2.55. The Hall–Kier alpha value is -2.90. The van der Waals surface area contributed by atoms with Crippen LogP contribution in [-0.2, 0) is 14.4 Å². The minimum absolute atomic E-state index is 0.0278. The smallest absolute Gasteiger partial charge is 0.258 e. The van der Waals surface area contributed by atoms with Gasteiger partial charge in [-0.05, 0) is 48.1 Å². The van der Waals surface area contributed by atoms with Crippen molar-refractivity contribution in [1.82, 2.24) is 10.6 Å². The number of Topliss-reactive ketones (excluding diaryl/α,β-unsaturated/α-hetero) is 1. The SMILES string of the molecule is CC(C)C[C@H](NC(=O)COc1ccc(Cl)cc1)C(=O)N[C@@H](C(C)C)[C@@H](O)C1C(=O)C1c1ccccc1. The van der Waals surface area contributed by atoms with Gasteiger partial charge in [-0.3, -0.25) is 14.4 Å². The Balaban J connectivity index is 1.63. The van der Waals surface area contributed by atoms with E-state index in [1.807, 2.05) is 58.0 Å². The lowest BCUT2D eigenvalue weighted by Gasteiger charge is -2.30. The van der Waals surface area contributed by atoms with E-state index in [9.17, 15) is 19.5 Å². The molecule has 2 amide bonds. The number of carbonyl (C=O) groups is 3. The van der Waals surface area contributed by atoms with Gasteiger partial charge in [-0.1, -0.05) is 69.6 Å². The number of amides is 2. The predicted octanol–water partition coefficient (Wildman–Crippen LogP) is 3.73. The predicted molar refractivity (Wildman–Crippen MR) is 139 cm³/mol. The average molecular weight is 515 g/mol. The molecule has 0 aromatic heterocycles.